The second-order valence-electron chi connectivity index (χ2n) is 7.63. The van der Waals surface area contributed by atoms with Gasteiger partial charge in [0, 0.05) is 18.6 Å². The first kappa shape index (κ1) is 20.7. The maximum Gasteiger partial charge on any atom is 0.232 e. The van der Waals surface area contributed by atoms with E-state index in [0.717, 1.165) is 41.9 Å². The first-order chi connectivity index (χ1) is 13.4. The summed E-state index contributed by atoms with van der Waals surface area (Å²) < 4.78 is 7.51. The van der Waals surface area contributed by atoms with Crippen molar-refractivity contribution in [3.8, 4) is 5.69 Å². The van der Waals surface area contributed by atoms with E-state index in [-0.39, 0.29) is 11.4 Å². The maximum atomic E-state index is 12.4. The van der Waals surface area contributed by atoms with E-state index in [1.807, 2.05) is 30.5 Å². The highest BCUT2D eigenvalue weighted by molar-refractivity contribution is 7.99. The molecular weight excluding hydrogens is 374 g/mol. The van der Waals surface area contributed by atoms with Gasteiger partial charge in [-0.1, -0.05) is 30.8 Å². The van der Waals surface area contributed by atoms with E-state index < -0.39 is 0 Å². The molecule has 1 amide bonds. The molecule has 0 bridgehead atoms. The first-order valence-electron chi connectivity index (χ1n) is 9.68. The predicted molar refractivity (Wildman–Crippen MR) is 112 cm³/mol. The molecule has 1 aromatic carbocycles. The molecule has 3 rings (SSSR count). The number of rotatable bonds is 7. The lowest BCUT2D eigenvalue weighted by atomic mass is 10.0. The smallest absolute Gasteiger partial charge is 0.232 e. The molecule has 2 aromatic rings. The Bertz CT molecular complexity index is 815. The van der Waals surface area contributed by atoms with Crippen LogP contribution in [0.4, 0.5) is 5.95 Å². The molecule has 7 nitrogen and oxygen atoms in total. The van der Waals surface area contributed by atoms with Gasteiger partial charge in [0.1, 0.15) is 0 Å². The second kappa shape index (κ2) is 8.96. The lowest BCUT2D eigenvalue weighted by Crippen LogP contribution is -2.43. The van der Waals surface area contributed by atoms with Crippen molar-refractivity contribution in [2.24, 2.45) is 0 Å². The van der Waals surface area contributed by atoms with Crippen LogP contribution in [0.25, 0.3) is 5.69 Å². The fraction of sp³-hybridized carbons (Fsp3) is 0.550. The Morgan fingerprint density at radius 1 is 1.29 bits per heavy atom. The zero-order chi connectivity index (χ0) is 20.1. The van der Waals surface area contributed by atoms with Gasteiger partial charge in [0.2, 0.25) is 11.9 Å². The molecule has 1 N–H and O–H groups in total. The lowest BCUT2D eigenvalue weighted by molar-refractivity contribution is -0.120. The van der Waals surface area contributed by atoms with Gasteiger partial charge in [-0.3, -0.25) is 9.36 Å². The van der Waals surface area contributed by atoms with Crippen LogP contribution in [-0.4, -0.2) is 58.3 Å². The zero-order valence-electron chi connectivity index (χ0n) is 17.1. The average Bonchev–Trinajstić information content (AvgIpc) is 3.11. The molecule has 1 aromatic heterocycles. The Morgan fingerprint density at radius 2 is 2.04 bits per heavy atom. The zero-order valence-corrected chi connectivity index (χ0v) is 17.9. The summed E-state index contributed by atoms with van der Waals surface area (Å²) in [6.45, 7) is 11.1. The topological polar surface area (TPSA) is 72.3 Å². The summed E-state index contributed by atoms with van der Waals surface area (Å²) in [5.41, 5.74) is 1.96. The van der Waals surface area contributed by atoms with E-state index in [9.17, 15) is 4.79 Å². The Kier molecular flexibility index (Phi) is 6.61. The van der Waals surface area contributed by atoms with Gasteiger partial charge >= 0.3 is 0 Å². The number of carbonyl (C=O) groups is 1. The predicted octanol–water partition coefficient (Wildman–Crippen LogP) is 2.81. The average molecular weight is 404 g/mol. The van der Waals surface area contributed by atoms with Gasteiger partial charge in [-0.05, 0) is 44.9 Å². The molecule has 8 heteroatoms. The molecule has 0 spiro atoms. The van der Waals surface area contributed by atoms with Crippen molar-refractivity contribution < 1.29 is 9.53 Å². The first-order valence-corrected chi connectivity index (χ1v) is 10.7. The minimum absolute atomic E-state index is 0.00330. The SMILES string of the molecule is CCC(C)(C)NC(=O)CSc1nnc(N2CCOCC2)n1-c1cccc(C)c1. The molecule has 0 aliphatic carbocycles. The molecule has 28 heavy (non-hydrogen) atoms. The van der Waals surface area contributed by atoms with E-state index in [4.69, 9.17) is 4.74 Å². The van der Waals surface area contributed by atoms with Crippen LogP contribution in [0.15, 0.2) is 29.4 Å². The van der Waals surface area contributed by atoms with Crippen LogP contribution in [-0.2, 0) is 9.53 Å². The molecule has 1 aliphatic heterocycles. The van der Waals surface area contributed by atoms with Crippen LogP contribution >= 0.6 is 11.8 Å². The summed E-state index contributed by atoms with van der Waals surface area (Å²) >= 11 is 1.41. The number of benzene rings is 1. The Morgan fingerprint density at radius 3 is 2.71 bits per heavy atom. The van der Waals surface area contributed by atoms with E-state index in [2.05, 4.69) is 46.4 Å². The quantitative estimate of drug-likeness (QED) is 0.717. The van der Waals surface area contributed by atoms with Crippen molar-refractivity contribution >= 4 is 23.6 Å². The fourth-order valence-corrected chi connectivity index (χ4v) is 3.70. The Balaban J connectivity index is 1.84. The minimum Gasteiger partial charge on any atom is -0.378 e. The van der Waals surface area contributed by atoms with Crippen molar-refractivity contribution in [1.29, 1.82) is 0 Å². The van der Waals surface area contributed by atoms with E-state index in [1.165, 1.54) is 11.8 Å². The number of hydrogen-bond donors (Lipinski definition) is 1. The Labute approximate surface area is 170 Å². The number of anilines is 1. The van der Waals surface area contributed by atoms with Gasteiger partial charge in [-0.2, -0.15) is 0 Å². The number of nitrogens with zero attached hydrogens (tertiary/aromatic N) is 4. The van der Waals surface area contributed by atoms with Gasteiger partial charge in [0.15, 0.2) is 5.16 Å². The maximum absolute atomic E-state index is 12.4. The second-order valence-corrected chi connectivity index (χ2v) is 8.57. The molecular formula is C20H29N5O2S. The summed E-state index contributed by atoms with van der Waals surface area (Å²) in [4.78, 5) is 14.6. The van der Waals surface area contributed by atoms with Gasteiger partial charge in [0.25, 0.3) is 0 Å². The monoisotopic (exact) mass is 403 g/mol. The molecule has 152 valence electrons. The van der Waals surface area contributed by atoms with Crippen LogP contribution < -0.4 is 10.2 Å². The largest absolute Gasteiger partial charge is 0.378 e. The summed E-state index contributed by atoms with van der Waals surface area (Å²) in [5, 5.41) is 12.6. The van der Waals surface area contributed by atoms with Crippen LogP contribution in [0.5, 0.6) is 0 Å². The Hall–Kier alpha value is -2.06. The molecule has 1 fully saturated rings. The summed E-state index contributed by atoms with van der Waals surface area (Å²) in [5.74, 6) is 1.10. The van der Waals surface area contributed by atoms with Gasteiger partial charge in [-0.15, -0.1) is 10.2 Å². The van der Waals surface area contributed by atoms with Crippen molar-refractivity contribution in [3.05, 3.63) is 29.8 Å². The molecule has 1 aliphatic rings. The fourth-order valence-electron chi connectivity index (χ4n) is 2.95. The number of thioether (sulfide) groups is 1. The van der Waals surface area contributed by atoms with E-state index >= 15 is 0 Å². The van der Waals surface area contributed by atoms with Crippen molar-refractivity contribution in [3.63, 3.8) is 0 Å². The highest BCUT2D eigenvalue weighted by Crippen LogP contribution is 2.27. The molecule has 0 radical (unpaired) electrons. The minimum atomic E-state index is -0.208. The highest BCUT2D eigenvalue weighted by Gasteiger charge is 2.23. The third-order valence-electron chi connectivity index (χ3n) is 4.86. The number of morpholine rings is 1. The molecule has 0 atom stereocenters. The third-order valence-corrected chi connectivity index (χ3v) is 5.79. The number of carbonyl (C=O) groups excluding carboxylic acids is 1. The van der Waals surface area contributed by atoms with Gasteiger partial charge in [-0.25, -0.2) is 0 Å². The molecule has 0 unspecified atom stereocenters. The summed E-state index contributed by atoms with van der Waals surface area (Å²) in [7, 11) is 0. The van der Waals surface area contributed by atoms with E-state index in [0.29, 0.717) is 19.0 Å². The third kappa shape index (κ3) is 5.05. The summed E-state index contributed by atoms with van der Waals surface area (Å²) in [6.07, 6.45) is 0.879. The number of nitrogens with one attached hydrogen (secondary N) is 1. The van der Waals surface area contributed by atoms with E-state index in [1.54, 1.807) is 0 Å². The van der Waals surface area contributed by atoms with Crippen molar-refractivity contribution in [2.45, 2.75) is 44.8 Å². The highest BCUT2D eigenvalue weighted by atomic mass is 32.2. The number of hydrogen-bond acceptors (Lipinski definition) is 6. The number of amides is 1. The van der Waals surface area contributed by atoms with Crippen LogP contribution in [0.2, 0.25) is 0 Å². The van der Waals surface area contributed by atoms with Crippen molar-refractivity contribution in [1.82, 2.24) is 20.1 Å². The lowest BCUT2D eigenvalue weighted by Gasteiger charge is -2.28. The molecule has 0 saturated carbocycles. The van der Waals surface area contributed by atoms with Crippen molar-refractivity contribution in [2.75, 3.05) is 37.0 Å². The molecule has 1 saturated heterocycles. The van der Waals surface area contributed by atoms with Gasteiger partial charge < -0.3 is 15.0 Å². The van der Waals surface area contributed by atoms with Gasteiger partial charge in [0.05, 0.1) is 24.7 Å². The number of aryl methyl sites for hydroxylation is 1. The number of ether oxygens (including phenoxy) is 1. The number of aromatic nitrogens is 3. The normalized spacial score (nSPS) is 14.9. The van der Waals surface area contributed by atoms with Crippen LogP contribution in [0.1, 0.15) is 32.8 Å². The van der Waals surface area contributed by atoms with Crippen LogP contribution in [0.3, 0.4) is 0 Å². The van der Waals surface area contributed by atoms with Crippen LogP contribution in [0, 0.1) is 6.92 Å². The summed E-state index contributed by atoms with van der Waals surface area (Å²) in [6, 6.07) is 8.25. The molecule has 2 heterocycles. The standard InChI is InChI=1S/C20H29N5O2S/c1-5-20(3,4)21-17(26)14-28-19-23-22-18(24-9-11-27-12-10-24)25(19)16-8-6-7-15(2)13-16/h6-8,13H,5,9-12,14H2,1-4H3,(H,21,26).